The lowest BCUT2D eigenvalue weighted by atomic mass is 10.1. The molecule has 1 aliphatic heterocycles. The highest BCUT2D eigenvalue weighted by Crippen LogP contribution is 2.12. The lowest BCUT2D eigenvalue weighted by Gasteiger charge is -2.11. The summed E-state index contributed by atoms with van der Waals surface area (Å²) >= 11 is 1.58. The second-order valence-electron chi connectivity index (χ2n) is 3.63. The van der Waals surface area contributed by atoms with E-state index in [1.54, 1.807) is 23.9 Å². The molecule has 5 heteroatoms. The Hall–Kier alpha value is -1.20. The van der Waals surface area contributed by atoms with Crippen LogP contribution in [-0.2, 0) is 11.2 Å². The minimum atomic E-state index is 0.0459. The van der Waals surface area contributed by atoms with Crippen LogP contribution in [0.15, 0.2) is 24.3 Å². The van der Waals surface area contributed by atoms with Crippen molar-refractivity contribution in [2.45, 2.75) is 11.9 Å². The number of thioether (sulfide) groups is 1. The van der Waals surface area contributed by atoms with Crippen molar-refractivity contribution >= 4 is 17.7 Å². The second-order valence-corrected chi connectivity index (χ2v) is 4.72. The average Bonchev–Trinajstić information content (AvgIpc) is 2.67. The molecule has 1 aromatic rings. The summed E-state index contributed by atoms with van der Waals surface area (Å²) in [5, 5.41) is 15.2. The van der Waals surface area contributed by atoms with Gasteiger partial charge in [-0.2, -0.15) is 0 Å². The van der Waals surface area contributed by atoms with Crippen molar-refractivity contribution in [1.82, 2.24) is 10.6 Å². The summed E-state index contributed by atoms with van der Waals surface area (Å²) in [4.78, 5) is 10.9. The van der Waals surface area contributed by atoms with E-state index in [-0.39, 0.29) is 17.2 Å². The van der Waals surface area contributed by atoms with Crippen LogP contribution in [0.2, 0.25) is 0 Å². The van der Waals surface area contributed by atoms with Crippen molar-refractivity contribution in [2.24, 2.45) is 0 Å². The third kappa shape index (κ3) is 3.15. The van der Waals surface area contributed by atoms with Crippen molar-refractivity contribution in [3.63, 3.8) is 0 Å². The summed E-state index contributed by atoms with van der Waals surface area (Å²) in [6.45, 7) is 0.808. The molecule has 86 valence electrons. The molecular weight excluding hydrogens is 224 g/mol. The smallest absolute Gasteiger partial charge is 0.231 e. The monoisotopic (exact) mass is 238 g/mol. The van der Waals surface area contributed by atoms with Crippen LogP contribution in [0, 0.1) is 0 Å². The molecule has 0 radical (unpaired) electrons. The van der Waals surface area contributed by atoms with Gasteiger partial charge in [0, 0.05) is 6.54 Å². The summed E-state index contributed by atoms with van der Waals surface area (Å²) < 4.78 is 0. The van der Waals surface area contributed by atoms with Crippen molar-refractivity contribution < 1.29 is 9.90 Å². The van der Waals surface area contributed by atoms with Gasteiger partial charge in [0.05, 0.1) is 5.75 Å². The van der Waals surface area contributed by atoms with Crippen LogP contribution in [-0.4, -0.2) is 28.8 Å². The third-order valence-corrected chi connectivity index (χ3v) is 3.40. The van der Waals surface area contributed by atoms with Crippen molar-refractivity contribution in [1.29, 1.82) is 0 Å². The van der Waals surface area contributed by atoms with Gasteiger partial charge in [-0.1, -0.05) is 12.1 Å². The zero-order valence-electron chi connectivity index (χ0n) is 8.77. The van der Waals surface area contributed by atoms with E-state index in [0.717, 1.165) is 13.0 Å². The number of phenols is 1. The molecule has 1 aromatic carbocycles. The van der Waals surface area contributed by atoms with Crippen molar-refractivity contribution in [3.05, 3.63) is 29.8 Å². The van der Waals surface area contributed by atoms with Crippen molar-refractivity contribution in [2.75, 3.05) is 12.3 Å². The summed E-state index contributed by atoms with van der Waals surface area (Å²) in [6, 6.07) is 7.16. The van der Waals surface area contributed by atoms with E-state index in [4.69, 9.17) is 5.11 Å². The van der Waals surface area contributed by atoms with E-state index < -0.39 is 0 Å². The van der Waals surface area contributed by atoms with Crippen LogP contribution in [0.1, 0.15) is 5.56 Å². The number of benzene rings is 1. The highest BCUT2D eigenvalue weighted by molar-refractivity contribution is 8.00. The number of phenolic OH excluding ortho intramolecular Hbond substituents is 1. The van der Waals surface area contributed by atoms with Crippen molar-refractivity contribution in [3.8, 4) is 5.75 Å². The summed E-state index contributed by atoms with van der Waals surface area (Å²) in [6.07, 6.45) is 0.882. The molecule has 1 unspecified atom stereocenters. The fraction of sp³-hybridized carbons (Fsp3) is 0.364. The summed E-state index contributed by atoms with van der Waals surface area (Å²) in [7, 11) is 0. The molecule has 0 saturated carbocycles. The van der Waals surface area contributed by atoms with E-state index in [9.17, 15) is 4.79 Å². The van der Waals surface area contributed by atoms with E-state index in [1.807, 2.05) is 12.1 Å². The van der Waals surface area contributed by atoms with Gasteiger partial charge in [-0.05, 0) is 24.1 Å². The maximum absolute atomic E-state index is 10.9. The number of rotatable bonds is 4. The predicted octanol–water partition coefficient (Wildman–Crippen LogP) is 0.671. The normalized spacial score (nSPS) is 19.8. The van der Waals surface area contributed by atoms with E-state index >= 15 is 0 Å². The fourth-order valence-electron chi connectivity index (χ4n) is 1.51. The summed E-state index contributed by atoms with van der Waals surface area (Å²) in [5.41, 5.74) is 1.21. The quantitative estimate of drug-likeness (QED) is 0.721. The molecule has 16 heavy (non-hydrogen) atoms. The van der Waals surface area contributed by atoms with Crippen LogP contribution in [0.4, 0.5) is 0 Å². The zero-order chi connectivity index (χ0) is 11.4. The van der Waals surface area contributed by atoms with Crippen LogP contribution in [0.3, 0.4) is 0 Å². The maximum Gasteiger partial charge on any atom is 0.231 e. The first-order valence-corrected chi connectivity index (χ1v) is 6.21. The minimum absolute atomic E-state index is 0.0459. The molecule has 1 heterocycles. The Bertz CT molecular complexity index is 367. The van der Waals surface area contributed by atoms with Gasteiger partial charge in [0.25, 0.3) is 0 Å². The number of hydrogen-bond donors (Lipinski definition) is 3. The molecule has 1 saturated heterocycles. The molecule has 0 bridgehead atoms. The fourth-order valence-corrected chi connectivity index (χ4v) is 2.36. The van der Waals surface area contributed by atoms with Gasteiger partial charge in [0.15, 0.2) is 0 Å². The van der Waals surface area contributed by atoms with Gasteiger partial charge in [-0.15, -0.1) is 11.8 Å². The van der Waals surface area contributed by atoms with Gasteiger partial charge < -0.3 is 10.4 Å². The Balaban J connectivity index is 1.72. The number of nitrogens with one attached hydrogen (secondary N) is 2. The number of aromatic hydroxyl groups is 1. The van der Waals surface area contributed by atoms with Gasteiger partial charge in [-0.25, -0.2) is 0 Å². The zero-order valence-corrected chi connectivity index (χ0v) is 9.59. The maximum atomic E-state index is 10.9. The molecule has 0 spiro atoms. The molecule has 1 aliphatic rings. The minimum Gasteiger partial charge on any atom is -0.508 e. The molecule has 0 aliphatic carbocycles. The summed E-state index contributed by atoms with van der Waals surface area (Å²) in [5.74, 6) is 0.916. The van der Waals surface area contributed by atoms with Crippen LogP contribution >= 0.6 is 11.8 Å². The third-order valence-electron chi connectivity index (χ3n) is 2.35. The second kappa shape index (κ2) is 5.23. The predicted molar refractivity (Wildman–Crippen MR) is 64.2 cm³/mol. The van der Waals surface area contributed by atoms with Gasteiger partial charge in [0.1, 0.15) is 11.2 Å². The number of carbonyl (C=O) groups is 1. The lowest BCUT2D eigenvalue weighted by Crippen LogP contribution is -2.38. The van der Waals surface area contributed by atoms with E-state index in [0.29, 0.717) is 5.75 Å². The Morgan fingerprint density at radius 2 is 2.19 bits per heavy atom. The number of carbonyl (C=O) groups excluding carboxylic acids is 1. The SMILES string of the molecule is O=C1CSC(NCCc2ccc(O)cc2)N1. The first kappa shape index (κ1) is 11.3. The lowest BCUT2D eigenvalue weighted by molar-refractivity contribution is -0.118. The first-order valence-electron chi connectivity index (χ1n) is 5.16. The number of hydrogen-bond acceptors (Lipinski definition) is 4. The average molecular weight is 238 g/mol. The standard InChI is InChI=1S/C11H14N2O2S/c14-9-3-1-8(2-4-9)5-6-12-11-13-10(15)7-16-11/h1-4,11-12,14H,5-7H2,(H,13,15). The highest BCUT2D eigenvalue weighted by Gasteiger charge is 2.19. The van der Waals surface area contributed by atoms with Gasteiger partial charge >= 0.3 is 0 Å². The van der Waals surface area contributed by atoms with E-state index in [1.165, 1.54) is 5.56 Å². The van der Waals surface area contributed by atoms with Gasteiger partial charge in [-0.3, -0.25) is 10.1 Å². The largest absolute Gasteiger partial charge is 0.508 e. The Morgan fingerprint density at radius 3 is 2.81 bits per heavy atom. The van der Waals surface area contributed by atoms with Crippen LogP contribution in [0.5, 0.6) is 5.75 Å². The molecule has 0 aromatic heterocycles. The van der Waals surface area contributed by atoms with Crippen LogP contribution < -0.4 is 10.6 Å². The van der Waals surface area contributed by atoms with E-state index in [2.05, 4.69) is 10.6 Å². The Labute approximate surface area is 98.4 Å². The molecular formula is C11H14N2O2S. The molecule has 1 atom stereocenters. The molecule has 2 rings (SSSR count). The first-order chi connectivity index (χ1) is 7.74. The van der Waals surface area contributed by atoms with Gasteiger partial charge in [0.2, 0.25) is 5.91 Å². The molecule has 1 amide bonds. The molecule has 1 fully saturated rings. The molecule has 4 nitrogen and oxygen atoms in total. The molecule has 3 N–H and O–H groups in total. The van der Waals surface area contributed by atoms with Crippen LogP contribution in [0.25, 0.3) is 0 Å². The Kier molecular flexibility index (Phi) is 3.69. The highest BCUT2D eigenvalue weighted by atomic mass is 32.2. The topological polar surface area (TPSA) is 61.4 Å². The number of amides is 1. The Morgan fingerprint density at radius 1 is 1.44 bits per heavy atom.